The smallest absolute Gasteiger partial charge is 0.281 e. The van der Waals surface area contributed by atoms with Gasteiger partial charge in [0.05, 0.1) is 10.5 Å². The van der Waals surface area contributed by atoms with E-state index in [1.54, 1.807) is 0 Å². The van der Waals surface area contributed by atoms with E-state index in [1.165, 1.54) is 29.5 Å². The topological polar surface area (TPSA) is 60.2 Å². The number of nitro groups is 1. The van der Waals surface area contributed by atoms with Crippen molar-refractivity contribution in [1.29, 1.82) is 0 Å². The molecule has 0 saturated carbocycles. The molecule has 0 saturated heterocycles. The van der Waals surface area contributed by atoms with Crippen LogP contribution in [-0.2, 0) is 6.42 Å². The van der Waals surface area contributed by atoms with E-state index in [4.69, 9.17) is 11.6 Å². The van der Waals surface area contributed by atoms with Gasteiger partial charge in [-0.15, -0.1) is 0 Å². The summed E-state index contributed by atoms with van der Waals surface area (Å²) in [5.74, 6) is -0.281. The molecule has 4 nitrogen and oxygen atoms in total. The number of thiophene rings is 1. The highest BCUT2D eigenvalue weighted by atomic mass is 35.5. The van der Waals surface area contributed by atoms with Crippen molar-refractivity contribution in [3.05, 3.63) is 61.3 Å². The van der Waals surface area contributed by atoms with E-state index in [0.29, 0.717) is 0 Å². The van der Waals surface area contributed by atoms with Gasteiger partial charge < -0.3 is 0 Å². The van der Waals surface area contributed by atoms with Gasteiger partial charge in [-0.05, 0) is 34.5 Å². The van der Waals surface area contributed by atoms with Gasteiger partial charge in [0.1, 0.15) is 0 Å². The zero-order valence-electron chi connectivity index (χ0n) is 9.13. The third-order valence-electron chi connectivity index (χ3n) is 2.40. The number of ketones is 1. The third-order valence-corrected chi connectivity index (χ3v) is 3.37. The Morgan fingerprint density at radius 2 is 2.17 bits per heavy atom. The molecule has 18 heavy (non-hydrogen) atoms. The van der Waals surface area contributed by atoms with E-state index >= 15 is 0 Å². The third kappa shape index (κ3) is 2.75. The Labute approximate surface area is 112 Å². The van der Waals surface area contributed by atoms with E-state index < -0.39 is 4.92 Å². The lowest BCUT2D eigenvalue weighted by molar-refractivity contribution is -0.385. The van der Waals surface area contributed by atoms with Crippen LogP contribution in [0.5, 0.6) is 0 Å². The van der Waals surface area contributed by atoms with Gasteiger partial charge in [0.2, 0.25) is 0 Å². The molecule has 1 aromatic carbocycles. The van der Waals surface area contributed by atoms with Crippen molar-refractivity contribution >= 4 is 34.4 Å². The predicted octanol–water partition coefficient (Wildman–Crippen LogP) is 3.74. The molecular formula is C12H8ClNO3S. The standard InChI is InChI=1S/C12H8ClNO3S/c13-9-1-2-10(11(6-9)14(16)17)12(15)5-8-3-4-18-7-8/h1-4,6-7H,5H2. The Morgan fingerprint density at radius 3 is 2.78 bits per heavy atom. The normalized spacial score (nSPS) is 10.3. The molecule has 0 unspecified atom stereocenters. The fourth-order valence-electron chi connectivity index (χ4n) is 1.57. The molecule has 0 amide bonds. The van der Waals surface area contributed by atoms with Crippen molar-refractivity contribution in [3.63, 3.8) is 0 Å². The molecule has 0 atom stereocenters. The Kier molecular flexibility index (Phi) is 3.74. The van der Waals surface area contributed by atoms with Crippen molar-refractivity contribution < 1.29 is 9.72 Å². The molecule has 0 bridgehead atoms. The zero-order valence-corrected chi connectivity index (χ0v) is 10.7. The minimum absolute atomic E-state index is 0.0931. The van der Waals surface area contributed by atoms with Crippen LogP contribution >= 0.6 is 22.9 Å². The van der Waals surface area contributed by atoms with Gasteiger partial charge in [0.25, 0.3) is 5.69 Å². The van der Waals surface area contributed by atoms with Crippen LogP contribution in [-0.4, -0.2) is 10.7 Å². The minimum Gasteiger partial charge on any atom is -0.294 e. The van der Waals surface area contributed by atoms with E-state index in [1.807, 2.05) is 16.8 Å². The summed E-state index contributed by atoms with van der Waals surface area (Å²) < 4.78 is 0. The molecule has 6 heteroatoms. The van der Waals surface area contributed by atoms with Crippen LogP contribution in [0.25, 0.3) is 0 Å². The van der Waals surface area contributed by atoms with Crippen LogP contribution in [0.4, 0.5) is 5.69 Å². The fourth-order valence-corrected chi connectivity index (χ4v) is 2.40. The average molecular weight is 282 g/mol. The van der Waals surface area contributed by atoms with E-state index in [2.05, 4.69) is 0 Å². The van der Waals surface area contributed by atoms with Gasteiger partial charge in [-0.1, -0.05) is 11.6 Å². The SMILES string of the molecule is O=C(Cc1ccsc1)c1ccc(Cl)cc1[N+](=O)[O-]. The predicted molar refractivity (Wildman–Crippen MR) is 70.5 cm³/mol. The quantitative estimate of drug-likeness (QED) is 0.487. The molecule has 0 N–H and O–H groups in total. The number of hydrogen-bond acceptors (Lipinski definition) is 4. The van der Waals surface area contributed by atoms with Crippen molar-refractivity contribution in [2.24, 2.45) is 0 Å². The minimum atomic E-state index is -0.591. The Balaban J connectivity index is 2.32. The molecule has 1 aromatic heterocycles. The van der Waals surface area contributed by atoms with Crippen LogP contribution in [0.2, 0.25) is 5.02 Å². The summed E-state index contributed by atoms with van der Waals surface area (Å²) in [6.07, 6.45) is 0.159. The number of nitro benzene ring substituents is 1. The number of hydrogen-bond donors (Lipinski definition) is 0. The summed E-state index contributed by atoms with van der Waals surface area (Å²) in [6, 6.07) is 5.90. The Hall–Kier alpha value is -1.72. The number of carbonyl (C=O) groups excluding carboxylic acids is 1. The molecule has 0 aliphatic rings. The van der Waals surface area contributed by atoms with Gasteiger partial charge in [0, 0.05) is 17.5 Å². The highest BCUT2D eigenvalue weighted by molar-refractivity contribution is 7.08. The molecular weight excluding hydrogens is 274 g/mol. The maximum atomic E-state index is 12.0. The first-order valence-electron chi connectivity index (χ1n) is 5.06. The molecule has 92 valence electrons. The first-order valence-corrected chi connectivity index (χ1v) is 6.38. The number of halogens is 1. The Morgan fingerprint density at radius 1 is 1.39 bits per heavy atom. The lowest BCUT2D eigenvalue weighted by Crippen LogP contribution is -2.06. The monoisotopic (exact) mass is 281 g/mol. The summed E-state index contributed by atoms with van der Waals surface area (Å²) in [4.78, 5) is 22.3. The van der Waals surface area contributed by atoms with Crippen LogP contribution in [0.15, 0.2) is 35.0 Å². The van der Waals surface area contributed by atoms with E-state index in [-0.39, 0.29) is 28.5 Å². The number of carbonyl (C=O) groups is 1. The number of benzene rings is 1. The van der Waals surface area contributed by atoms with E-state index in [9.17, 15) is 14.9 Å². The summed E-state index contributed by atoms with van der Waals surface area (Å²) >= 11 is 7.18. The molecule has 0 radical (unpaired) electrons. The van der Waals surface area contributed by atoms with Gasteiger partial charge in [0.15, 0.2) is 5.78 Å². The van der Waals surface area contributed by atoms with Gasteiger partial charge in [-0.2, -0.15) is 11.3 Å². The molecule has 2 rings (SSSR count). The maximum absolute atomic E-state index is 12.0. The zero-order chi connectivity index (χ0) is 13.1. The lowest BCUT2D eigenvalue weighted by Gasteiger charge is -2.02. The second-order valence-corrected chi connectivity index (χ2v) is 4.87. The molecule has 0 aliphatic heterocycles. The number of Topliss-reactive ketones (excluding diaryl/α,β-unsaturated/α-hetero) is 1. The molecule has 0 fully saturated rings. The van der Waals surface area contributed by atoms with Crippen LogP contribution < -0.4 is 0 Å². The molecule has 0 aliphatic carbocycles. The van der Waals surface area contributed by atoms with Crippen LogP contribution in [0.1, 0.15) is 15.9 Å². The number of rotatable bonds is 4. The highest BCUT2D eigenvalue weighted by Crippen LogP contribution is 2.24. The lowest BCUT2D eigenvalue weighted by atomic mass is 10.0. The highest BCUT2D eigenvalue weighted by Gasteiger charge is 2.20. The van der Waals surface area contributed by atoms with Gasteiger partial charge in [-0.25, -0.2) is 0 Å². The second-order valence-electron chi connectivity index (χ2n) is 3.65. The fraction of sp³-hybridized carbons (Fsp3) is 0.0833. The van der Waals surface area contributed by atoms with Crippen LogP contribution in [0, 0.1) is 10.1 Å². The van der Waals surface area contributed by atoms with Crippen molar-refractivity contribution in [2.45, 2.75) is 6.42 Å². The van der Waals surface area contributed by atoms with Gasteiger partial charge >= 0.3 is 0 Å². The molecule has 0 spiro atoms. The summed E-state index contributed by atoms with van der Waals surface area (Å²) in [5.41, 5.74) is 0.701. The second kappa shape index (κ2) is 5.29. The first kappa shape index (κ1) is 12.7. The summed E-state index contributed by atoms with van der Waals surface area (Å²) in [6.45, 7) is 0. The van der Waals surface area contributed by atoms with E-state index in [0.717, 1.165) is 5.56 Å². The summed E-state index contributed by atoms with van der Waals surface area (Å²) in [7, 11) is 0. The van der Waals surface area contributed by atoms with Crippen molar-refractivity contribution in [3.8, 4) is 0 Å². The maximum Gasteiger partial charge on any atom is 0.281 e. The Bertz CT molecular complexity index is 595. The molecule has 1 heterocycles. The first-order chi connectivity index (χ1) is 8.58. The number of nitrogens with zero attached hydrogens (tertiary/aromatic N) is 1. The average Bonchev–Trinajstić information content (AvgIpc) is 2.81. The molecule has 2 aromatic rings. The van der Waals surface area contributed by atoms with Gasteiger partial charge in [-0.3, -0.25) is 14.9 Å². The van der Waals surface area contributed by atoms with Crippen LogP contribution in [0.3, 0.4) is 0 Å². The van der Waals surface area contributed by atoms with Crippen molar-refractivity contribution in [1.82, 2.24) is 0 Å². The largest absolute Gasteiger partial charge is 0.294 e. The summed E-state index contributed by atoms with van der Waals surface area (Å²) in [5, 5.41) is 14.8. The van der Waals surface area contributed by atoms with Crippen molar-refractivity contribution in [2.75, 3.05) is 0 Å².